The average molecular weight is 470 g/mol. The molecule has 0 fully saturated rings. The van der Waals surface area contributed by atoms with E-state index in [0.29, 0.717) is 11.6 Å². The summed E-state index contributed by atoms with van der Waals surface area (Å²) in [6.45, 7) is 0. The number of hydrogen-bond donors (Lipinski definition) is 5. The van der Waals surface area contributed by atoms with Gasteiger partial charge in [-0.15, -0.1) is 12.6 Å². The number of nitrogens with zero attached hydrogens (tertiary/aromatic N) is 3. The maximum atomic E-state index is 11.0. The van der Waals surface area contributed by atoms with E-state index in [1.54, 1.807) is 25.2 Å². The van der Waals surface area contributed by atoms with Crippen molar-refractivity contribution in [3.8, 4) is 0 Å². The lowest BCUT2D eigenvalue weighted by atomic mass is 10.3. The number of aromatic nitrogens is 3. The first-order chi connectivity index (χ1) is 13.4. The fraction of sp³-hybridized carbons (Fsp3) is 0.250. The van der Waals surface area contributed by atoms with E-state index in [-0.39, 0.29) is 16.8 Å². The number of benzene rings is 1. The molecular weight excluding hydrogens is 450 g/mol. The van der Waals surface area contributed by atoms with Gasteiger partial charge in [-0.3, -0.25) is 0 Å². The van der Waals surface area contributed by atoms with Crippen LogP contribution in [0.1, 0.15) is 0 Å². The molecule has 29 heavy (non-hydrogen) atoms. The minimum Gasteiger partial charge on any atom is -0.368 e. The summed E-state index contributed by atoms with van der Waals surface area (Å²) in [5.74, 6) is 0.651. The van der Waals surface area contributed by atoms with Crippen molar-refractivity contribution in [2.45, 2.75) is 4.90 Å². The van der Waals surface area contributed by atoms with Gasteiger partial charge in [-0.1, -0.05) is 6.07 Å². The molecule has 162 valence electrons. The van der Waals surface area contributed by atoms with Crippen LogP contribution in [0.25, 0.3) is 0 Å². The Labute approximate surface area is 170 Å². The minimum absolute atomic E-state index is 0.0729. The first-order valence-corrected chi connectivity index (χ1v) is 11.2. The molecule has 0 saturated carbocycles. The smallest absolute Gasteiger partial charge is 0.368 e. The molecule has 1 aromatic carbocycles. The van der Waals surface area contributed by atoms with E-state index in [1.807, 2.05) is 0 Å². The van der Waals surface area contributed by atoms with Crippen LogP contribution in [0.4, 0.5) is 23.5 Å². The fourth-order valence-corrected chi connectivity index (χ4v) is 1.79. The lowest BCUT2D eigenvalue weighted by Gasteiger charge is -2.07. The first-order valence-electron chi connectivity index (χ1n) is 7.20. The second-order valence-corrected chi connectivity index (χ2v) is 8.00. The predicted octanol–water partition coefficient (Wildman–Crippen LogP) is -1.02. The number of nitrogens with one attached hydrogen (secondary N) is 3. The standard InChI is InChI=1S/C10H12N6O2S.C2H7NO2S.O3S/c1-12-9-14-8(11)15-10(16-9)13-6-3-2-4-7(5-6)19(17)18;1-3-6(2,4)5;1-4(2)3/h2-5H,1H3,(H,17,18)(H4,11,12,13,14,15,16);3H,1-2H3;. The zero-order chi connectivity index (χ0) is 22.6. The number of rotatable bonds is 5. The monoisotopic (exact) mass is 469 g/mol. The third-order valence-corrected chi connectivity index (χ3v) is 3.94. The molecule has 0 amide bonds. The van der Waals surface area contributed by atoms with Crippen LogP contribution in [0, 0.1) is 0 Å². The summed E-state index contributed by atoms with van der Waals surface area (Å²) in [4.78, 5) is 12.1. The number of anilines is 4. The van der Waals surface area contributed by atoms with Gasteiger partial charge in [0.25, 0.3) is 0 Å². The van der Waals surface area contributed by atoms with Gasteiger partial charge in [-0.25, -0.2) is 17.3 Å². The average Bonchev–Trinajstić information content (AvgIpc) is 2.61. The highest BCUT2D eigenvalue weighted by atomic mass is 32.2. The molecule has 0 aliphatic rings. The largest absolute Gasteiger partial charge is 0.425 e. The van der Waals surface area contributed by atoms with Gasteiger partial charge < -0.3 is 20.9 Å². The Bertz CT molecular complexity index is 1040. The summed E-state index contributed by atoms with van der Waals surface area (Å²) in [6.07, 6.45) is 1.10. The Hall–Kier alpha value is -2.73. The maximum absolute atomic E-state index is 11.0. The van der Waals surface area contributed by atoms with Gasteiger partial charge >= 0.3 is 10.6 Å². The van der Waals surface area contributed by atoms with Crippen molar-refractivity contribution in [3.63, 3.8) is 0 Å². The maximum Gasteiger partial charge on any atom is 0.425 e. The van der Waals surface area contributed by atoms with E-state index in [1.165, 1.54) is 13.1 Å². The van der Waals surface area contributed by atoms with Crippen molar-refractivity contribution in [3.05, 3.63) is 24.3 Å². The van der Waals surface area contributed by atoms with Crippen molar-refractivity contribution in [2.24, 2.45) is 0 Å². The second-order valence-electron chi connectivity index (χ2n) is 4.67. The molecule has 2 aromatic rings. The van der Waals surface area contributed by atoms with E-state index >= 15 is 0 Å². The summed E-state index contributed by atoms with van der Waals surface area (Å²) in [5, 5.41) is 5.64. The summed E-state index contributed by atoms with van der Waals surface area (Å²) < 4.78 is 67.2. The third-order valence-electron chi connectivity index (χ3n) is 2.54. The molecule has 0 saturated heterocycles. The molecule has 1 atom stereocenters. The summed E-state index contributed by atoms with van der Waals surface area (Å²) in [5.41, 5.74) is 6.11. The molecule has 6 N–H and O–H groups in total. The van der Waals surface area contributed by atoms with Crippen molar-refractivity contribution in [2.75, 3.05) is 36.7 Å². The fourth-order valence-electron chi connectivity index (χ4n) is 1.37. The van der Waals surface area contributed by atoms with E-state index < -0.39 is 31.7 Å². The summed E-state index contributed by atoms with van der Waals surface area (Å²) in [6, 6.07) is 6.43. The zero-order valence-corrected chi connectivity index (χ0v) is 17.8. The van der Waals surface area contributed by atoms with Crippen molar-refractivity contribution in [1.82, 2.24) is 19.7 Å². The molecule has 1 aromatic heterocycles. The van der Waals surface area contributed by atoms with Gasteiger partial charge in [0.05, 0.1) is 11.2 Å². The van der Waals surface area contributed by atoms with E-state index in [2.05, 4.69) is 30.3 Å². The molecule has 1 unspecified atom stereocenters. The van der Waals surface area contributed by atoms with E-state index in [4.69, 9.17) is 22.9 Å². The summed E-state index contributed by atoms with van der Waals surface area (Å²) in [7, 11) is -2.99. The van der Waals surface area contributed by atoms with Gasteiger partial charge in [-0.2, -0.15) is 15.0 Å². The van der Waals surface area contributed by atoms with E-state index in [0.717, 1.165) is 6.26 Å². The molecule has 14 nitrogen and oxygen atoms in total. The molecule has 17 heteroatoms. The first kappa shape index (κ1) is 26.3. The summed E-state index contributed by atoms with van der Waals surface area (Å²) >= 11 is -2.04. The molecule has 0 spiro atoms. The normalized spacial score (nSPS) is 11.0. The van der Waals surface area contributed by atoms with Crippen molar-refractivity contribution >= 4 is 55.2 Å². The van der Waals surface area contributed by atoms with E-state index in [9.17, 15) is 12.6 Å². The van der Waals surface area contributed by atoms with Crippen LogP contribution in [-0.2, 0) is 31.7 Å². The highest BCUT2D eigenvalue weighted by molar-refractivity contribution is 7.88. The molecule has 0 radical (unpaired) electrons. The van der Waals surface area contributed by atoms with Crippen LogP contribution in [-0.4, -0.2) is 65.1 Å². The Morgan fingerprint density at radius 2 is 1.55 bits per heavy atom. The second kappa shape index (κ2) is 12.7. The van der Waals surface area contributed by atoms with Crippen molar-refractivity contribution in [1.29, 1.82) is 0 Å². The van der Waals surface area contributed by atoms with Crippen molar-refractivity contribution < 1.29 is 29.8 Å². The van der Waals surface area contributed by atoms with Crippen LogP contribution < -0.4 is 21.1 Å². The number of nitrogen functional groups attached to an aromatic ring is 1. The molecule has 0 aliphatic heterocycles. The van der Waals surface area contributed by atoms with Crippen LogP contribution in [0.2, 0.25) is 0 Å². The lowest BCUT2D eigenvalue weighted by Crippen LogP contribution is -2.15. The van der Waals surface area contributed by atoms with Gasteiger partial charge in [0.1, 0.15) is 0 Å². The SMILES string of the molecule is CNS(C)(=O)=O.CNc1nc(N)nc(Nc2cccc(S(=O)O)c2)n1.O=S(=O)=O. The Kier molecular flexibility index (Phi) is 11.5. The third kappa shape index (κ3) is 13.1. The molecule has 2 rings (SSSR count). The predicted molar refractivity (Wildman–Crippen MR) is 106 cm³/mol. The Balaban J connectivity index is 0.000000654. The molecule has 0 aliphatic carbocycles. The van der Waals surface area contributed by atoms with Gasteiger partial charge in [0.15, 0.2) is 11.1 Å². The Morgan fingerprint density at radius 1 is 1.03 bits per heavy atom. The van der Waals surface area contributed by atoms with Crippen LogP contribution >= 0.6 is 0 Å². The molecular formula is C12H19N7O7S3. The van der Waals surface area contributed by atoms with Crippen LogP contribution in [0.5, 0.6) is 0 Å². The quantitative estimate of drug-likeness (QED) is 0.331. The van der Waals surface area contributed by atoms with Gasteiger partial charge in [0, 0.05) is 12.7 Å². The number of nitrogens with two attached hydrogens (primary N) is 1. The van der Waals surface area contributed by atoms with Crippen LogP contribution in [0.3, 0.4) is 0 Å². The number of hydrogen-bond acceptors (Lipinski definition) is 12. The van der Waals surface area contributed by atoms with Gasteiger partial charge in [0.2, 0.25) is 27.9 Å². The topological polar surface area (TPSA) is 223 Å². The highest BCUT2D eigenvalue weighted by Gasteiger charge is 2.05. The zero-order valence-electron chi connectivity index (χ0n) is 15.3. The highest BCUT2D eigenvalue weighted by Crippen LogP contribution is 2.17. The molecule has 1 heterocycles. The van der Waals surface area contributed by atoms with Crippen LogP contribution in [0.15, 0.2) is 29.2 Å². The number of sulfonamides is 1. The molecule has 0 bridgehead atoms. The van der Waals surface area contributed by atoms with Gasteiger partial charge in [-0.05, 0) is 25.2 Å². The Morgan fingerprint density at radius 3 is 2.00 bits per heavy atom. The lowest BCUT2D eigenvalue weighted by molar-refractivity contribution is 0.558. The minimum atomic E-state index is -3.11.